The van der Waals surface area contributed by atoms with Crippen LogP contribution in [0.3, 0.4) is 0 Å². The van der Waals surface area contributed by atoms with Gasteiger partial charge in [0.15, 0.2) is 0 Å². The van der Waals surface area contributed by atoms with Gasteiger partial charge in [0.1, 0.15) is 0 Å². The van der Waals surface area contributed by atoms with E-state index in [1.807, 2.05) is 11.3 Å². The Labute approximate surface area is 154 Å². The van der Waals surface area contributed by atoms with Gasteiger partial charge < -0.3 is 10.6 Å². The van der Waals surface area contributed by atoms with Crippen LogP contribution >= 0.6 is 11.3 Å². The molecule has 0 saturated carbocycles. The van der Waals surface area contributed by atoms with Crippen molar-refractivity contribution in [3.8, 4) is 0 Å². The third-order valence-corrected chi connectivity index (χ3v) is 5.57. The molecule has 2 nitrogen and oxygen atoms in total. The predicted molar refractivity (Wildman–Crippen MR) is 108 cm³/mol. The van der Waals surface area contributed by atoms with Crippen LogP contribution in [0.4, 0.5) is 0 Å². The maximum Gasteiger partial charge on any atom is 0.0305 e. The topological polar surface area (TPSA) is 24.1 Å². The predicted octanol–water partition coefficient (Wildman–Crippen LogP) is 5.45. The van der Waals surface area contributed by atoms with Crippen molar-refractivity contribution in [3.63, 3.8) is 0 Å². The average Bonchev–Trinajstić information content (AvgIpc) is 3.13. The highest BCUT2D eigenvalue weighted by Gasteiger charge is 2.07. The van der Waals surface area contributed by atoms with E-state index < -0.39 is 0 Å². The van der Waals surface area contributed by atoms with Crippen molar-refractivity contribution in [2.24, 2.45) is 0 Å². The molecule has 0 unspecified atom stereocenters. The average molecular weight is 351 g/mol. The Bertz CT molecular complexity index is 688. The summed E-state index contributed by atoms with van der Waals surface area (Å²) in [6.07, 6.45) is 0. The number of thiophene rings is 1. The first kappa shape index (κ1) is 17.9. The maximum atomic E-state index is 3.61. The lowest BCUT2D eigenvalue weighted by Gasteiger charge is -2.14. The van der Waals surface area contributed by atoms with E-state index in [4.69, 9.17) is 0 Å². The summed E-state index contributed by atoms with van der Waals surface area (Å²) < 4.78 is 0. The Balaban J connectivity index is 1.47. The number of hydrogen-bond donors (Lipinski definition) is 2. The van der Waals surface area contributed by atoms with Crippen molar-refractivity contribution in [2.45, 2.75) is 39.0 Å². The van der Waals surface area contributed by atoms with Crippen LogP contribution in [-0.2, 0) is 13.1 Å². The molecule has 3 rings (SSSR count). The van der Waals surface area contributed by atoms with Crippen LogP contribution in [0.25, 0.3) is 0 Å². The lowest BCUT2D eigenvalue weighted by atomic mass is 10.1. The molecule has 0 amide bonds. The van der Waals surface area contributed by atoms with E-state index in [0.717, 1.165) is 13.1 Å². The molecule has 0 spiro atoms. The van der Waals surface area contributed by atoms with Crippen molar-refractivity contribution in [1.29, 1.82) is 0 Å². The first-order chi connectivity index (χ1) is 12.2. The monoisotopic (exact) mass is 350 g/mol. The maximum absolute atomic E-state index is 3.61. The van der Waals surface area contributed by atoms with Gasteiger partial charge in [0, 0.05) is 34.9 Å². The fraction of sp³-hybridized carbons (Fsp3) is 0.273. The van der Waals surface area contributed by atoms with Gasteiger partial charge in [-0.05, 0) is 37.1 Å². The van der Waals surface area contributed by atoms with Crippen LogP contribution in [-0.4, -0.2) is 0 Å². The van der Waals surface area contributed by atoms with Crippen molar-refractivity contribution in [1.82, 2.24) is 10.6 Å². The van der Waals surface area contributed by atoms with Crippen molar-refractivity contribution >= 4 is 11.3 Å². The van der Waals surface area contributed by atoms with Crippen molar-refractivity contribution < 1.29 is 0 Å². The van der Waals surface area contributed by atoms with E-state index in [1.165, 1.54) is 20.9 Å². The largest absolute Gasteiger partial charge is 0.305 e. The number of benzene rings is 2. The zero-order valence-electron chi connectivity index (χ0n) is 14.9. The second kappa shape index (κ2) is 8.95. The van der Waals surface area contributed by atoms with E-state index in [0.29, 0.717) is 12.1 Å². The minimum atomic E-state index is 0.364. The Hall–Kier alpha value is -1.94. The highest BCUT2D eigenvalue weighted by Crippen LogP contribution is 2.20. The van der Waals surface area contributed by atoms with Crippen molar-refractivity contribution in [3.05, 3.63) is 93.7 Å². The van der Waals surface area contributed by atoms with Gasteiger partial charge in [0.25, 0.3) is 0 Å². The first-order valence-corrected chi connectivity index (χ1v) is 9.68. The molecule has 2 atom stereocenters. The summed E-state index contributed by atoms with van der Waals surface area (Å²) in [5, 5.41) is 7.22. The van der Waals surface area contributed by atoms with Gasteiger partial charge in [0.2, 0.25) is 0 Å². The smallest absolute Gasteiger partial charge is 0.0305 e. The van der Waals surface area contributed by atoms with E-state index >= 15 is 0 Å². The van der Waals surface area contributed by atoms with Gasteiger partial charge in [-0.1, -0.05) is 60.7 Å². The molecule has 0 aliphatic heterocycles. The second-order valence-electron chi connectivity index (χ2n) is 6.39. The molecule has 2 N–H and O–H groups in total. The van der Waals surface area contributed by atoms with Crippen LogP contribution < -0.4 is 10.6 Å². The fourth-order valence-corrected chi connectivity index (χ4v) is 3.76. The summed E-state index contributed by atoms with van der Waals surface area (Å²) in [5.41, 5.74) is 2.66. The molecule has 0 aliphatic carbocycles. The molecule has 0 bridgehead atoms. The zero-order valence-corrected chi connectivity index (χ0v) is 15.7. The van der Waals surface area contributed by atoms with E-state index in [9.17, 15) is 0 Å². The van der Waals surface area contributed by atoms with Gasteiger partial charge in [-0.15, -0.1) is 11.3 Å². The van der Waals surface area contributed by atoms with Crippen LogP contribution in [0.5, 0.6) is 0 Å². The van der Waals surface area contributed by atoms with Gasteiger partial charge in [-0.25, -0.2) is 0 Å². The standard InChI is InChI=1S/C22H26N2S/c1-17(19-9-5-3-6-10-19)23-15-21-13-14-22(25-21)16-24-18(2)20-11-7-4-8-12-20/h3-14,17-18,23-24H,15-16H2,1-2H3/t17-,18+. The van der Waals surface area contributed by atoms with Gasteiger partial charge >= 0.3 is 0 Å². The molecule has 0 fully saturated rings. The number of hydrogen-bond acceptors (Lipinski definition) is 3. The SMILES string of the molecule is C[C@H](NCc1ccc(CN[C@H](C)c2ccccc2)s1)c1ccccc1. The summed E-state index contributed by atoms with van der Waals surface area (Å²) in [6, 6.07) is 26.4. The van der Waals surface area contributed by atoms with Crippen LogP contribution in [0, 0.1) is 0 Å². The molecular weight excluding hydrogens is 324 g/mol. The normalized spacial score (nSPS) is 13.5. The van der Waals surface area contributed by atoms with Gasteiger partial charge in [-0.3, -0.25) is 0 Å². The van der Waals surface area contributed by atoms with E-state index in [1.54, 1.807) is 0 Å². The van der Waals surface area contributed by atoms with Crippen LogP contribution in [0.15, 0.2) is 72.8 Å². The molecule has 0 aliphatic rings. The molecule has 130 valence electrons. The molecule has 1 aromatic heterocycles. The summed E-state index contributed by atoms with van der Waals surface area (Å²) >= 11 is 1.88. The van der Waals surface area contributed by atoms with Crippen LogP contribution in [0.2, 0.25) is 0 Å². The summed E-state index contributed by atoms with van der Waals surface area (Å²) in [4.78, 5) is 2.76. The van der Waals surface area contributed by atoms with E-state index in [2.05, 4.69) is 97.3 Å². The van der Waals surface area contributed by atoms with E-state index in [-0.39, 0.29) is 0 Å². The molecule has 3 aromatic rings. The molecule has 0 saturated heterocycles. The van der Waals surface area contributed by atoms with Gasteiger partial charge in [-0.2, -0.15) is 0 Å². The Morgan fingerprint density at radius 2 is 1.04 bits per heavy atom. The lowest BCUT2D eigenvalue weighted by Crippen LogP contribution is -2.17. The third kappa shape index (κ3) is 5.27. The summed E-state index contributed by atoms with van der Waals surface area (Å²) in [5.74, 6) is 0. The number of rotatable bonds is 8. The molecule has 25 heavy (non-hydrogen) atoms. The fourth-order valence-electron chi connectivity index (χ4n) is 2.84. The first-order valence-electron chi connectivity index (χ1n) is 8.86. The Morgan fingerprint density at radius 3 is 1.44 bits per heavy atom. The molecule has 1 heterocycles. The molecular formula is C22H26N2S. The Kier molecular flexibility index (Phi) is 6.40. The Morgan fingerprint density at radius 1 is 0.640 bits per heavy atom. The quantitative estimate of drug-likeness (QED) is 0.564. The highest BCUT2D eigenvalue weighted by atomic mass is 32.1. The third-order valence-electron chi connectivity index (χ3n) is 4.48. The molecule has 2 aromatic carbocycles. The van der Waals surface area contributed by atoms with Crippen molar-refractivity contribution in [2.75, 3.05) is 0 Å². The summed E-state index contributed by atoms with van der Waals surface area (Å²) in [7, 11) is 0. The zero-order chi connectivity index (χ0) is 17.5. The van der Waals surface area contributed by atoms with Crippen LogP contribution in [0.1, 0.15) is 46.8 Å². The highest BCUT2D eigenvalue weighted by molar-refractivity contribution is 7.11. The second-order valence-corrected chi connectivity index (χ2v) is 7.65. The molecule has 3 heteroatoms. The van der Waals surface area contributed by atoms with Gasteiger partial charge in [0.05, 0.1) is 0 Å². The minimum absolute atomic E-state index is 0.364. The minimum Gasteiger partial charge on any atom is -0.305 e. The number of nitrogens with one attached hydrogen (secondary N) is 2. The summed E-state index contributed by atoms with van der Waals surface area (Å²) in [6.45, 7) is 6.25. The molecule has 0 radical (unpaired) electrons. The lowest BCUT2D eigenvalue weighted by molar-refractivity contribution is 0.578.